The summed E-state index contributed by atoms with van der Waals surface area (Å²) in [6, 6.07) is 5.47. The van der Waals surface area contributed by atoms with Crippen LogP contribution < -0.4 is 5.32 Å². The first kappa shape index (κ1) is 28.4. The summed E-state index contributed by atoms with van der Waals surface area (Å²) in [6.45, 7) is 3.24. The molecule has 1 N–H and O–H groups in total. The summed E-state index contributed by atoms with van der Waals surface area (Å²) < 4.78 is 66.5. The molecule has 1 aromatic carbocycles. The normalized spacial score (nSPS) is 14.3. The molecule has 3 heterocycles. The molecule has 9 nitrogen and oxygen atoms in total. The Hall–Kier alpha value is -4.13. The number of aromatic nitrogens is 5. The van der Waals surface area contributed by atoms with E-state index in [0.29, 0.717) is 36.5 Å². The Balaban J connectivity index is 1.20. The van der Waals surface area contributed by atoms with E-state index in [2.05, 4.69) is 25.5 Å². The van der Waals surface area contributed by atoms with Crippen LogP contribution in [0.1, 0.15) is 48.2 Å². The molecule has 5 rings (SSSR count). The van der Waals surface area contributed by atoms with Gasteiger partial charge in [-0.3, -0.25) is 9.48 Å². The number of methoxy groups -OCH3 is 1. The summed E-state index contributed by atoms with van der Waals surface area (Å²) in [6.07, 6.45) is 1.48. The molecular weight excluding hydrogens is 544 g/mol. The predicted molar refractivity (Wildman–Crippen MR) is 140 cm³/mol. The molecule has 1 aliphatic rings. The molecule has 0 aliphatic heterocycles. The van der Waals surface area contributed by atoms with Crippen molar-refractivity contribution in [2.75, 3.05) is 19.0 Å². The first-order valence-corrected chi connectivity index (χ1v) is 13.1. The second-order valence-corrected chi connectivity index (χ2v) is 9.96. The lowest BCUT2D eigenvalue weighted by atomic mass is 10.0. The van der Waals surface area contributed by atoms with Crippen LogP contribution in [0.5, 0.6) is 0 Å². The molecule has 1 saturated carbocycles. The van der Waals surface area contributed by atoms with Crippen LogP contribution in [0.3, 0.4) is 0 Å². The van der Waals surface area contributed by atoms with Crippen molar-refractivity contribution in [1.29, 1.82) is 0 Å². The topological polar surface area (TPSA) is 108 Å². The van der Waals surface area contributed by atoms with Gasteiger partial charge < -0.3 is 14.6 Å². The van der Waals surface area contributed by atoms with Crippen molar-refractivity contribution in [3.05, 3.63) is 77.1 Å². The van der Waals surface area contributed by atoms with Crippen molar-refractivity contribution < 1.29 is 31.6 Å². The molecule has 41 heavy (non-hydrogen) atoms. The van der Waals surface area contributed by atoms with Gasteiger partial charge >= 0.3 is 6.18 Å². The molecule has 1 fully saturated rings. The average Bonchev–Trinajstić information content (AvgIpc) is 3.50. The van der Waals surface area contributed by atoms with E-state index in [1.165, 1.54) is 12.1 Å². The maximum absolute atomic E-state index is 14.9. The molecule has 0 unspecified atom stereocenters. The molecule has 216 valence electrons. The number of hydrogen-bond donors (Lipinski definition) is 1. The summed E-state index contributed by atoms with van der Waals surface area (Å²) in [5.74, 6) is -1.15. The van der Waals surface area contributed by atoms with Gasteiger partial charge in [-0.05, 0) is 36.5 Å². The average molecular weight is 573 g/mol. The number of rotatable bonds is 11. The van der Waals surface area contributed by atoms with Crippen molar-refractivity contribution in [1.82, 2.24) is 24.9 Å². The van der Waals surface area contributed by atoms with E-state index in [9.17, 15) is 22.4 Å². The Morgan fingerprint density at radius 1 is 1.15 bits per heavy atom. The zero-order chi connectivity index (χ0) is 29.2. The summed E-state index contributed by atoms with van der Waals surface area (Å²) in [7, 11) is 1.64. The monoisotopic (exact) mass is 572 g/mol. The molecular formula is C28H28F4N6O3. The molecule has 0 atom stereocenters. The highest BCUT2D eigenvalue weighted by Gasteiger charge is 2.66. The number of halogens is 4. The third-order valence-corrected chi connectivity index (χ3v) is 7.12. The number of benzene rings is 1. The molecule has 0 saturated heterocycles. The standard InChI is InChI=1S/C28H28F4N6O3/c1-3-22-19(16-38(36-22)8-9-40-2)11-24-33-14-20(15-34-24)17-4-5-18(21(29)10-17)12-26(39)35-25-13-23(41-37-25)27(6-7-27)28(30,31)32/h4-5,10,13-16H,3,6-9,11-12H2,1-2H3,(H,35,37,39). The fourth-order valence-electron chi connectivity index (χ4n) is 4.60. The van der Waals surface area contributed by atoms with E-state index in [1.54, 1.807) is 25.6 Å². The fourth-order valence-corrected chi connectivity index (χ4v) is 4.60. The van der Waals surface area contributed by atoms with Crippen LogP contribution in [0.2, 0.25) is 0 Å². The Labute approximate surface area is 232 Å². The number of aryl methyl sites for hydroxylation is 1. The highest BCUT2D eigenvalue weighted by Crippen LogP contribution is 2.59. The molecule has 1 aliphatic carbocycles. The number of ether oxygens (including phenoxy) is 1. The van der Waals surface area contributed by atoms with Gasteiger partial charge in [0.15, 0.2) is 11.6 Å². The Morgan fingerprint density at radius 2 is 1.90 bits per heavy atom. The van der Waals surface area contributed by atoms with Crippen molar-refractivity contribution in [3.63, 3.8) is 0 Å². The lowest BCUT2D eigenvalue weighted by Crippen LogP contribution is -2.28. The summed E-state index contributed by atoms with van der Waals surface area (Å²) in [4.78, 5) is 21.3. The molecule has 13 heteroatoms. The quantitative estimate of drug-likeness (QED) is 0.251. The number of nitrogens with zero attached hydrogens (tertiary/aromatic N) is 5. The zero-order valence-corrected chi connectivity index (χ0v) is 22.5. The van der Waals surface area contributed by atoms with Crippen LogP contribution in [0.25, 0.3) is 11.1 Å². The van der Waals surface area contributed by atoms with Gasteiger partial charge in [-0.1, -0.05) is 24.2 Å². The van der Waals surface area contributed by atoms with Gasteiger partial charge in [-0.25, -0.2) is 14.4 Å². The van der Waals surface area contributed by atoms with E-state index in [1.807, 2.05) is 17.8 Å². The number of carbonyl (C=O) groups excluding carboxylic acids is 1. The number of anilines is 1. The van der Waals surface area contributed by atoms with Gasteiger partial charge in [-0.15, -0.1) is 0 Å². The van der Waals surface area contributed by atoms with E-state index in [0.717, 1.165) is 23.7 Å². The van der Waals surface area contributed by atoms with Gasteiger partial charge in [0.05, 0.1) is 25.3 Å². The second kappa shape index (κ2) is 11.4. The lowest BCUT2D eigenvalue weighted by Gasteiger charge is -2.14. The first-order valence-electron chi connectivity index (χ1n) is 13.1. The molecule has 0 radical (unpaired) electrons. The number of alkyl halides is 3. The highest BCUT2D eigenvalue weighted by molar-refractivity contribution is 5.91. The van der Waals surface area contributed by atoms with E-state index in [4.69, 9.17) is 9.26 Å². The molecule has 0 spiro atoms. The number of amides is 1. The number of carbonyl (C=O) groups is 1. The van der Waals surface area contributed by atoms with Gasteiger partial charge in [0.25, 0.3) is 0 Å². The predicted octanol–water partition coefficient (Wildman–Crippen LogP) is 5.04. The minimum atomic E-state index is -4.46. The molecule has 3 aromatic heterocycles. The van der Waals surface area contributed by atoms with Gasteiger partial charge in [0.2, 0.25) is 5.91 Å². The van der Waals surface area contributed by atoms with Crippen LogP contribution in [0.15, 0.2) is 47.4 Å². The minimum absolute atomic E-state index is 0.0921. The number of nitrogens with one attached hydrogen (secondary N) is 1. The zero-order valence-electron chi connectivity index (χ0n) is 22.5. The van der Waals surface area contributed by atoms with Crippen LogP contribution in [-0.2, 0) is 40.8 Å². The highest BCUT2D eigenvalue weighted by atomic mass is 19.4. The second-order valence-electron chi connectivity index (χ2n) is 9.96. The van der Waals surface area contributed by atoms with Crippen LogP contribution >= 0.6 is 0 Å². The lowest BCUT2D eigenvalue weighted by molar-refractivity contribution is -0.165. The van der Waals surface area contributed by atoms with E-state index < -0.39 is 23.3 Å². The number of hydrogen-bond acceptors (Lipinski definition) is 7. The minimum Gasteiger partial charge on any atom is -0.383 e. The van der Waals surface area contributed by atoms with Crippen molar-refractivity contribution >= 4 is 11.7 Å². The van der Waals surface area contributed by atoms with Crippen LogP contribution in [-0.4, -0.2) is 50.7 Å². The van der Waals surface area contributed by atoms with Crippen molar-refractivity contribution in [3.8, 4) is 11.1 Å². The van der Waals surface area contributed by atoms with Gasteiger partial charge in [-0.2, -0.15) is 18.3 Å². The van der Waals surface area contributed by atoms with Gasteiger partial charge in [0.1, 0.15) is 17.1 Å². The fraction of sp³-hybridized carbons (Fsp3) is 0.393. The third-order valence-electron chi connectivity index (χ3n) is 7.12. The van der Waals surface area contributed by atoms with E-state index in [-0.39, 0.29) is 36.4 Å². The third kappa shape index (κ3) is 6.14. The maximum atomic E-state index is 14.9. The smallest absolute Gasteiger partial charge is 0.383 e. The van der Waals surface area contributed by atoms with Crippen LogP contribution in [0.4, 0.5) is 23.4 Å². The molecule has 0 bridgehead atoms. The molecule has 1 amide bonds. The maximum Gasteiger partial charge on any atom is 0.401 e. The Kier molecular flexibility index (Phi) is 7.89. The van der Waals surface area contributed by atoms with Crippen LogP contribution in [0, 0.1) is 5.82 Å². The Morgan fingerprint density at radius 3 is 2.54 bits per heavy atom. The van der Waals surface area contributed by atoms with Crippen molar-refractivity contribution in [2.45, 2.75) is 57.2 Å². The first-order chi connectivity index (χ1) is 19.6. The summed E-state index contributed by atoms with van der Waals surface area (Å²) >= 11 is 0. The Bertz CT molecular complexity index is 1530. The van der Waals surface area contributed by atoms with E-state index >= 15 is 0 Å². The SMILES string of the molecule is CCc1nn(CCOC)cc1Cc1ncc(-c2ccc(CC(=O)Nc3cc(C4(C(F)(F)F)CC4)on3)c(F)c2)cn1. The summed E-state index contributed by atoms with van der Waals surface area (Å²) in [5.41, 5.74) is 1.19. The molecule has 4 aromatic rings. The summed E-state index contributed by atoms with van der Waals surface area (Å²) in [5, 5.41) is 10.5. The van der Waals surface area contributed by atoms with Gasteiger partial charge in [0, 0.05) is 49.3 Å². The largest absolute Gasteiger partial charge is 0.401 e. The van der Waals surface area contributed by atoms with Crippen molar-refractivity contribution in [2.24, 2.45) is 0 Å².